The van der Waals surface area contributed by atoms with Crippen LogP contribution in [0.3, 0.4) is 0 Å². The number of fused-ring (bicyclic) bond motifs is 1. The van der Waals surface area contributed by atoms with Gasteiger partial charge < -0.3 is 10.2 Å². The van der Waals surface area contributed by atoms with Crippen molar-refractivity contribution in [3.05, 3.63) is 0 Å². The fourth-order valence-electron chi connectivity index (χ4n) is 5.86. The molecule has 1 unspecified atom stereocenters. The fraction of sp³-hybridized carbons (Fsp3) is 1.00. The normalized spacial score (nSPS) is 60.4. The summed E-state index contributed by atoms with van der Waals surface area (Å²) in [5, 5.41) is 21.0. The van der Waals surface area contributed by atoms with Gasteiger partial charge in [0.05, 0.1) is 11.7 Å². The molecule has 17 heavy (non-hydrogen) atoms. The maximum atomic E-state index is 10.7. The van der Waals surface area contributed by atoms with Gasteiger partial charge in [0.25, 0.3) is 0 Å². The van der Waals surface area contributed by atoms with Gasteiger partial charge in [0.15, 0.2) is 0 Å². The van der Waals surface area contributed by atoms with Crippen LogP contribution in [0.1, 0.15) is 53.4 Å². The maximum absolute atomic E-state index is 10.7. The van der Waals surface area contributed by atoms with Crippen molar-refractivity contribution in [3.8, 4) is 0 Å². The minimum Gasteiger partial charge on any atom is -0.390 e. The van der Waals surface area contributed by atoms with Gasteiger partial charge in [-0.3, -0.25) is 0 Å². The quantitative estimate of drug-likeness (QED) is 0.681. The third-order valence-corrected chi connectivity index (χ3v) is 6.90. The van der Waals surface area contributed by atoms with Crippen molar-refractivity contribution in [1.82, 2.24) is 0 Å². The van der Waals surface area contributed by atoms with Gasteiger partial charge in [0.2, 0.25) is 0 Å². The van der Waals surface area contributed by atoms with Gasteiger partial charge in [0, 0.05) is 0 Å². The summed E-state index contributed by atoms with van der Waals surface area (Å²) in [5.74, 6) is 1.66. The van der Waals surface area contributed by atoms with E-state index >= 15 is 0 Å². The lowest BCUT2D eigenvalue weighted by atomic mass is 9.63. The second kappa shape index (κ2) is 3.08. The van der Waals surface area contributed by atoms with E-state index in [4.69, 9.17) is 0 Å². The Hall–Kier alpha value is -0.0800. The number of aliphatic hydroxyl groups excluding tert-OH is 1. The highest BCUT2D eigenvalue weighted by molar-refractivity contribution is 5.19. The zero-order valence-corrected chi connectivity index (χ0v) is 11.5. The molecule has 0 aromatic carbocycles. The van der Waals surface area contributed by atoms with Gasteiger partial charge in [0.1, 0.15) is 0 Å². The number of hydrogen-bond acceptors (Lipinski definition) is 2. The molecule has 2 heteroatoms. The molecule has 3 rings (SSSR count). The molecule has 0 aliphatic heterocycles. The molecular weight excluding hydrogens is 212 g/mol. The summed E-state index contributed by atoms with van der Waals surface area (Å²) in [7, 11) is 0. The first-order valence-electron chi connectivity index (χ1n) is 7.13. The van der Waals surface area contributed by atoms with E-state index in [1.807, 2.05) is 6.92 Å². The van der Waals surface area contributed by atoms with E-state index < -0.39 is 11.7 Å². The lowest BCUT2D eigenvalue weighted by Gasteiger charge is -2.47. The van der Waals surface area contributed by atoms with Crippen LogP contribution in [0.5, 0.6) is 0 Å². The molecule has 2 N–H and O–H groups in total. The predicted octanol–water partition coefficient (Wildman–Crippen LogP) is 2.58. The van der Waals surface area contributed by atoms with Crippen LogP contribution in [0.25, 0.3) is 0 Å². The van der Waals surface area contributed by atoms with Crippen molar-refractivity contribution < 1.29 is 10.2 Å². The van der Waals surface area contributed by atoms with Crippen LogP contribution in [0.2, 0.25) is 0 Å². The van der Waals surface area contributed by atoms with Gasteiger partial charge in [-0.05, 0) is 61.2 Å². The standard InChI is InChI=1S/C15H26O2/c1-9-5-6-10-13(2,3)11-7-15(9,10)8-12(16)14(11,4)17/h9-12,16-17H,5-8H2,1-4H3/t9-,10?,11-,12-,14-,15-/m1/s1. The van der Waals surface area contributed by atoms with Crippen molar-refractivity contribution in [3.63, 3.8) is 0 Å². The second-order valence-corrected chi connectivity index (χ2v) is 7.79. The Kier molecular flexibility index (Phi) is 2.17. The Morgan fingerprint density at radius 3 is 2.29 bits per heavy atom. The first-order chi connectivity index (χ1) is 7.73. The predicted molar refractivity (Wildman–Crippen MR) is 67.5 cm³/mol. The molecule has 3 aliphatic carbocycles. The first-order valence-corrected chi connectivity index (χ1v) is 7.13. The van der Waals surface area contributed by atoms with E-state index in [1.165, 1.54) is 12.8 Å². The highest BCUT2D eigenvalue weighted by Gasteiger charge is 2.70. The summed E-state index contributed by atoms with van der Waals surface area (Å²) >= 11 is 0. The van der Waals surface area contributed by atoms with Gasteiger partial charge in [-0.15, -0.1) is 0 Å². The summed E-state index contributed by atoms with van der Waals surface area (Å²) in [6, 6.07) is 0. The molecule has 0 aromatic heterocycles. The van der Waals surface area contributed by atoms with Gasteiger partial charge in [-0.25, -0.2) is 0 Å². The van der Waals surface area contributed by atoms with E-state index in [-0.39, 0.29) is 11.3 Å². The Bertz CT molecular complexity index is 347. The molecule has 2 bridgehead atoms. The topological polar surface area (TPSA) is 40.5 Å². The third-order valence-electron chi connectivity index (χ3n) is 6.90. The Morgan fingerprint density at radius 1 is 1.00 bits per heavy atom. The minimum atomic E-state index is -0.890. The molecule has 0 aromatic rings. The molecule has 2 nitrogen and oxygen atoms in total. The van der Waals surface area contributed by atoms with Crippen LogP contribution < -0.4 is 0 Å². The van der Waals surface area contributed by atoms with E-state index in [1.54, 1.807) is 0 Å². The molecule has 0 amide bonds. The zero-order chi connectivity index (χ0) is 12.6. The first kappa shape index (κ1) is 12.0. The SMILES string of the molecule is C[C@@H]1CCC2C(C)(C)[C@H]3C[C@]21C[C@@H](O)[C@]3(C)O. The molecule has 3 saturated carbocycles. The molecule has 98 valence electrons. The monoisotopic (exact) mass is 238 g/mol. The molecule has 6 atom stereocenters. The van der Waals surface area contributed by atoms with E-state index in [0.29, 0.717) is 17.3 Å². The molecule has 1 spiro atoms. The second-order valence-electron chi connectivity index (χ2n) is 7.79. The van der Waals surface area contributed by atoms with Crippen LogP contribution in [0.15, 0.2) is 0 Å². The molecular formula is C15H26O2. The number of aliphatic hydroxyl groups is 2. The number of rotatable bonds is 0. The largest absolute Gasteiger partial charge is 0.390 e. The van der Waals surface area contributed by atoms with Gasteiger partial charge >= 0.3 is 0 Å². The van der Waals surface area contributed by atoms with Gasteiger partial charge in [-0.2, -0.15) is 0 Å². The highest BCUT2D eigenvalue weighted by Crippen LogP contribution is 2.73. The smallest absolute Gasteiger partial charge is 0.0911 e. The zero-order valence-electron chi connectivity index (χ0n) is 11.5. The third kappa shape index (κ3) is 1.19. The average molecular weight is 238 g/mol. The maximum Gasteiger partial charge on any atom is 0.0911 e. The summed E-state index contributed by atoms with van der Waals surface area (Å²) < 4.78 is 0. The summed E-state index contributed by atoms with van der Waals surface area (Å²) in [4.78, 5) is 0. The fourth-order valence-corrected chi connectivity index (χ4v) is 5.86. The van der Waals surface area contributed by atoms with Crippen LogP contribution >= 0.6 is 0 Å². The van der Waals surface area contributed by atoms with E-state index in [0.717, 1.165) is 12.8 Å². The van der Waals surface area contributed by atoms with Crippen LogP contribution in [0.4, 0.5) is 0 Å². The molecule has 0 saturated heterocycles. The van der Waals surface area contributed by atoms with E-state index in [2.05, 4.69) is 20.8 Å². The Balaban J connectivity index is 2.10. The van der Waals surface area contributed by atoms with Crippen molar-refractivity contribution in [2.24, 2.45) is 28.6 Å². The lowest BCUT2D eigenvalue weighted by Crippen LogP contribution is -2.53. The summed E-state index contributed by atoms with van der Waals surface area (Å²) in [6.07, 6.45) is 3.98. The van der Waals surface area contributed by atoms with Gasteiger partial charge in [-0.1, -0.05) is 20.8 Å². The Labute approximate surface area is 104 Å². The van der Waals surface area contributed by atoms with E-state index in [9.17, 15) is 10.2 Å². The molecule has 0 radical (unpaired) electrons. The summed E-state index contributed by atoms with van der Waals surface area (Å²) in [5.41, 5.74) is -0.402. The Morgan fingerprint density at radius 2 is 1.65 bits per heavy atom. The lowest BCUT2D eigenvalue weighted by molar-refractivity contribution is -0.153. The van der Waals surface area contributed by atoms with Crippen LogP contribution in [-0.4, -0.2) is 21.9 Å². The van der Waals surface area contributed by atoms with Crippen molar-refractivity contribution in [1.29, 1.82) is 0 Å². The summed E-state index contributed by atoms with van der Waals surface area (Å²) in [6.45, 7) is 8.83. The average Bonchev–Trinajstić information content (AvgIpc) is 2.61. The van der Waals surface area contributed by atoms with Crippen molar-refractivity contribution in [2.45, 2.75) is 65.1 Å². The van der Waals surface area contributed by atoms with Crippen LogP contribution in [0, 0.1) is 28.6 Å². The van der Waals surface area contributed by atoms with Crippen molar-refractivity contribution >= 4 is 0 Å². The molecule has 3 aliphatic rings. The molecule has 3 fully saturated rings. The number of hydrogen-bond donors (Lipinski definition) is 2. The van der Waals surface area contributed by atoms with Crippen molar-refractivity contribution in [2.75, 3.05) is 0 Å². The minimum absolute atomic E-state index is 0.172. The molecule has 0 heterocycles. The van der Waals surface area contributed by atoms with Crippen LogP contribution in [-0.2, 0) is 0 Å². The highest BCUT2D eigenvalue weighted by atomic mass is 16.3.